The molecule has 0 saturated carbocycles. The lowest BCUT2D eigenvalue weighted by Crippen LogP contribution is -2.00. The third kappa shape index (κ3) is 1.79. The summed E-state index contributed by atoms with van der Waals surface area (Å²) in [7, 11) is 0. The molecule has 2 aromatic rings. The van der Waals surface area contributed by atoms with Gasteiger partial charge in [0.25, 0.3) is 0 Å². The lowest BCUT2D eigenvalue weighted by Gasteiger charge is -2.06. The predicted octanol–water partition coefficient (Wildman–Crippen LogP) is 2.74. The van der Waals surface area contributed by atoms with Gasteiger partial charge in [0.2, 0.25) is 0 Å². The van der Waals surface area contributed by atoms with Crippen molar-refractivity contribution >= 4 is 15.9 Å². The second-order valence-electron chi connectivity index (χ2n) is 3.67. The zero-order valence-electron chi connectivity index (χ0n) is 9.24. The number of aryl methyl sites for hydroxylation is 1. The minimum absolute atomic E-state index is 0.0299. The molecule has 1 heterocycles. The maximum absolute atomic E-state index is 9.26. The molecule has 1 N–H and O–H groups in total. The van der Waals surface area contributed by atoms with Crippen LogP contribution in [-0.2, 0) is 6.61 Å². The first-order chi connectivity index (χ1) is 7.65. The van der Waals surface area contributed by atoms with Crippen molar-refractivity contribution in [2.24, 2.45) is 0 Å². The smallest absolute Gasteiger partial charge is 0.0790 e. The van der Waals surface area contributed by atoms with Gasteiger partial charge in [0.1, 0.15) is 0 Å². The number of nitrogens with zero attached hydrogens (tertiary/aromatic N) is 2. The molecule has 16 heavy (non-hydrogen) atoms. The highest BCUT2D eigenvalue weighted by atomic mass is 79.9. The SMILES string of the molecule is Cc1nn(-c2ccccc2Br)c(C)c1CO. The third-order valence-electron chi connectivity index (χ3n) is 2.68. The van der Waals surface area contributed by atoms with Crippen LogP contribution in [0.5, 0.6) is 0 Å². The monoisotopic (exact) mass is 280 g/mol. The van der Waals surface area contributed by atoms with Gasteiger partial charge in [-0.25, -0.2) is 4.68 Å². The average Bonchev–Trinajstić information content (AvgIpc) is 2.55. The molecule has 0 aliphatic rings. The molecule has 0 bridgehead atoms. The van der Waals surface area contributed by atoms with Crippen LogP contribution >= 0.6 is 15.9 Å². The molecular weight excluding hydrogens is 268 g/mol. The summed E-state index contributed by atoms with van der Waals surface area (Å²) in [5, 5.41) is 13.7. The van der Waals surface area contributed by atoms with Gasteiger partial charge < -0.3 is 5.11 Å². The van der Waals surface area contributed by atoms with Crippen LogP contribution in [0, 0.1) is 13.8 Å². The summed E-state index contributed by atoms with van der Waals surface area (Å²) in [6, 6.07) is 7.90. The van der Waals surface area contributed by atoms with Crippen molar-refractivity contribution in [2.75, 3.05) is 0 Å². The van der Waals surface area contributed by atoms with E-state index in [0.717, 1.165) is 27.1 Å². The van der Waals surface area contributed by atoms with Crippen LogP contribution in [0.15, 0.2) is 28.7 Å². The Labute approximate surface area is 103 Å². The van der Waals surface area contributed by atoms with Crippen LogP contribution in [0.2, 0.25) is 0 Å². The molecule has 0 aliphatic carbocycles. The molecule has 1 aromatic carbocycles. The summed E-state index contributed by atoms with van der Waals surface area (Å²) >= 11 is 3.50. The molecule has 0 aliphatic heterocycles. The van der Waals surface area contributed by atoms with Crippen LogP contribution in [0.3, 0.4) is 0 Å². The summed E-state index contributed by atoms with van der Waals surface area (Å²) in [6.45, 7) is 3.90. The van der Waals surface area contributed by atoms with E-state index in [1.54, 1.807) is 0 Å². The molecule has 3 nitrogen and oxygen atoms in total. The Bertz CT molecular complexity index is 520. The summed E-state index contributed by atoms with van der Waals surface area (Å²) in [5.74, 6) is 0. The Balaban J connectivity index is 2.62. The van der Waals surface area contributed by atoms with E-state index < -0.39 is 0 Å². The standard InChI is InChI=1S/C12H13BrN2O/c1-8-10(7-16)9(2)15(14-8)12-6-4-3-5-11(12)13/h3-6,16H,7H2,1-2H3. The van der Waals surface area contributed by atoms with Gasteiger partial charge >= 0.3 is 0 Å². The minimum Gasteiger partial charge on any atom is -0.392 e. The van der Waals surface area contributed by atoms with Crippen LogP contribution in [0.25, 0.3) is 5.69 Å². The number of hydrogen-bond acceptors (Lipinski definition) is 2. The van der Waals surface area contributed by atoms with Crippen molar-refractivity contribution < 1.29 is 5.11 Å². The van der Waals surface area contributed by atoms with Crippen LogP contribution in [-0.4, -0.2) is 14.9 Å². The van der Waals surface area contributed by atoms with Crippen molar-refractivity contribution in [1.29, 1.82) is 0 Å². The molecule has 0 saturated heterocycles. The highest BCUT2D eigenvalue weighted by Crippen LogP contribution is 2.23. The molecule has 0 atom stereocenters. The van der Waals surface area contributed by atoms with E-state index in [1.165, 1.54) is 0 Å². The topological polar surface area (TPSA) is 38.0 Å². The molecule has 0 spiro atoms. The summed E-state index contributed by atoms with van der Waals surface area (Å²) in [4.78, 5) is 0. The van der Waals surface area contributed by atoms with E-state index in [1.807, 2.05) is 42.8 Å². The molecule has 0 amide bonds. The number of aromatic nitrogens is 2. The van der Waals surface area contributed by atoms with Crippen molar-refractivity contribution in [3.05, 3.63) is 45.7 Å². The third-order valence-corrected chi connectivity index (χ3v) is 3.35. The number of rotatable bonds is 2. The number of aliphatic hydroxyl groups excluding tert-OH is 1. The van der Waals surface area contributed by atoms with Crippen molar-refractivity contribution in [1.82, 2.24) is 9.78 Å². The molecule has 4 heteroatoms. The average molecular weight is 281 g/mol. The maximum Gasteiger partial charge on any atom is 0.0790 e. The fourth-order valence-electron chi connectivity index (χ4n) is 1.76. The van der Waals surface area contributed by atoms with E-state index in [9.17, 15) is 5.11 Å². The lowest BCUT2D eigenvalue weighted by atomic mass is 10.2. The largest absolute Gasteiger partial charge is 0.392 e. The minimum atomic E-state index is 0.0299. The normalized spacial score (nSPS) is 10.8. The lowest BCUT2D eigenvalue weighted by molar-refractivity contribution is 0.280. The Kier molecular flexibility index (Phi) is 3.12. The fraction of sp³-hybridized carbons (Fsp3) is 0.250. The Morgan fingerprint density at radius 1 is 1.31 bits per heavy atom. The molecule has 0 unspecified atom stereocenters. The van der Waals surface area contributed by atoms with Crippen molar-refractivity contribution in [3.63, 3.8) is 0 Å². The first-order valence-corrected chi connectivity index (χ1v) is 5.85. The summed E-state index contributed by atoms with van der Waals surface area (Å²) in [5.41, 5.74) is 3.74. The number of aliphatic hydroxyl groups is 1. The number of benzene rings is 1. The van der Waals surface area contributed by atoms with Gasteiger partial charge in [-0.2, -0.15) is 5.10 Å². The van der Waals surface area contributed by atoms with Gasteiger partial charge in [0, 0.05) is 15.7 Å². The number of hydrogen-bond donors (Lipinski definition) is 1. The van der Waals surface area contributed by atoms with E-state index in [2.05, 4.69) is 21.0 Å². The molecule has 2 rings (SSSR count). The second-order valence-corrected chi connectivity index (χ2v) is 4.53. The Morgan fingerprint density at radius 2 is 2.00 bits per heavy atom. The zero-order chi connectivity index (χ0) is 11.7. The van der Waals surface area contributed by atoms with Gasteiger partial charge in [-0.1, -0.05) is 12.1 Å². The van der Waals surface area contributed by atoms with Gasteiger partial charge in [-0.05, 0) is 41.9 Å². The first kappa shape index (κ1) is 11.4. The first-order valence-electron chi connectivity index (χ1n) is 5.06. The Hall–Kier alpha value is -1.13. The molecular formula is C12H13BrN2O. The summed E-state index contributed by atoms with van der Waals surface area (Å²) in [6.07, 6.45) is 0. The number of para-hydroxylation sites is 1. The van der Waals surface area contributed by atoms with Gasteiger partial charge in [0.15, 0.2) is 0 Å². The highest BCUT2D eigenvalue weighted by Gasteiger charge is 2.12. The van der Waals surface area contributed by atoms with Gasteiger partial charge in [-0.3, -0.25) is 0 Å². The van der Waals surface area contributed by atoms with Gasteiger partial charge in [0.05, 0.1) is 18.0 Å². The van der Waals surface area contributed by atoms with Crippen molar-refractivity contribution in [3.8, 4) is 5.69 Å². The predicted molar refractivity (Wildman–Crippen MR) is 66.7 cm³/mol. The highest BCUT2D eigenvalue weighted by molar-refractivity contribution is 9.10. The van der Waals surface area contributed by atoms with Crippen LogP contribution in [0.1, 0.15) is 17.0 Å². The molecule has 0 fully saturated rings. The maximum atomic E-state index is 9.26. The summed E-state index contributed by atoms with van der Waals surface area (Å²) < 4.78 is 2.84. The van der Waals surface area contributed by atoms with E-state index in [4.69, 9.17) is 0 Å². The number of halogens is 1. The van der Waals surface area contributed by atoms with E-state index in [-0.39, 0.29) is 6.61 Å². The van der Waals surface area contributed by atoms with E-state index in [0.29, 0.717) is 0 Å². The molecule has 1 aromatic heterocycles. The molecule has 0 radical (unpaired) electrons. The second kappa shape index (κ2) is 4.39. The fourth-order valence-corrected chi connectivity index (χ4v) is 2.21. The van der Waals surface area contributed by atoms with Gasteiger partial charge in [-0.15, -0.1) is 0 Å². The van der Waals surface area contributed by atoms with Crippen LogP contribution < -0.4 is 0 Å². The van der Waals surface area contributed by atoms with Crippen molar-refractivity contribution in [2.45, 2.75) is 20.5 Å². The Morgan fingerprint density at radius 3 is 2.56 bits per heavy atom. The quantitative estimate of drug-likeness (QED) is 0.919. The van der Waals surface area contributed by atoms with Crippen LogP contribution in [0.4, 0.5) is 0 Å². The zero-order valence-corrected chi connectivity index (χ0v) is 10.8. The molecule has 84 valence electrons. The van der Waals surface area contributed by atoms with E-state index >= 15 is 0 Å².